The van der Waals surface area contributed by atoms with Gasteiger partial charge in [-0.1, -0.05) is 41.6 Å². The molecule has 1 amide bonds. The van der Waals surface area contributed by atoms with Crippen LogP contribution in [0.15, 0.2) is 53.7 Å². The number of carbonyl (C=O) groups excluding carboxylic acids is 1. The summed E-state index contributed by atoms with van der Waals surface area (Å²) in [7, 11) is 0. The highest BCUT2D eigenvalue weighted by atomic mass is 35.5. The normalized spacial score (nSPS) is 13.6. The van der Waals surface area contributed by atoms with Crippen molar-refractivity contribution in [1.82, 2.24) is 14.8 Å². The van der Waals surface area contributed by atoms with Crippen molar-refractivity contribution < 1.29 is 9.18 Å². The number of anilines is 1. The molecule has 1 aromatic heterocycles. The maximum absolute atomic E-state index is 13.8. The van der Waals surface area contributed by atoms with Gasteiger partial charge in [-0.25, -0.2) is 14.1 Å². The summed E-state index contributed by atoms with van der Waals surface area (Å²) in [5, 5.41) is 7.90. The van der Waals surface area contributed by atoms with Gasteiger partial charge in [-0.05, 0) is 43.2 Å². The Hall–Kier alpha value is -2.38. The van der Waals surface area contributed by atoms with E-state index >= 15 is 0 Å². The van der Waals surface area contributed by atoms with Crippen LogP contribution >= 0.6 is 23.4 Å². The van der Waals surface area contributed by atoms with Crippen LogP contribution in [0.4, 0.5) is 10.1 Å². The summed E-state index contributed by atoms with van der Waals surface area (Å²) in [6.45, 7) is 0. The van der Waals surface area contributed by atoms with E-state index in [2.05, 4.69) is 15.4 Å². The number of hydrogen-bond donors (Lipinski definition) is 1. The number of rotatable bonds is 6. The lowest BCUT2D eigenvalue weighted by Gasteiger charge is -2.05. The van der Waals surface area contributed by atoms with E-state index in [1.165, 1.54) is 23.9 Å². The van der Waals surface area contributed by atoms with Crippen LogP contribution in [0.25, 0.3) is 5.69 Å². The third-order valence-corrected chi connectivity index (χ3v) is 5.17. The molecule has 4 rings (SSSR count). The van der Waals surface area contributed by atoms with E-state index < -0.39 is 5.82 Å². The molecule has 0 saturated heterocycles. The van der Waals surface area contributed by atoms with Crippen molar-refractivity contribution in [3.63, 3.8) is 0 Å². The molecule has 1 aliphatic rings. The molecule has 27 heavy (non-hydrogen) atoms. The third-order valence-electron chi connectivity index (χ3n) is 4.09. The number of hydrogen-bond acceptors (Lipinski definition) is 4. The van der Waals surface area contributed by atoms with Gasteiger partial charge in [-0.3, -0.25) is 4.79 Å². The maximum atomic E-state index is 13.8. The summed E-state index contributed by atoms with van der Waals surface area (Å²) >= 11 is 6.95. The predicted octanol–water partition coefficient (Wildman–Crippen LogP) is 4.67. The molecule has 5 nitrogen and oxygen atoms in total. The minimum Gasteiger partial charge on any atom is -0.323 e. The largest absolute Gasteiger partial charge is 0.323 e. The van der Waals surface area contributed by atoms with Crippen LogP contribution in [0.2, 0.25) is 5.02 Å². The molecule has 138 valence electrons. The van der Waals surface area contributed by atoms with Crippen molar-refractivity contribution in [2.24, 2.45) is 0 Å². The van der Waals surface area contributed by atoms with Gasteiger partial charge in [0.25, 0.3) is 0 Å². The summed E-state index contributed by atoms with van der Waals surface area (Å²) in [5.74, 6) is 0.538. The lowest BCUT2D eigenvalue weighted by molar-refractivity contribution is -0.113. The maximum Gasteiger partial charge on any atom is 0.234 e. The van der Waals surface area contributed by atoms with Crippen LogP contribution in [0.3, 0.4) is 0 Å². The molecule has 1 aliphatic carbocycles. The highest BCUT2D eigenvalue weighted by Crippen LogP contribution is 2.40. The first-order chi connectivity index (χ1) is 13.1. The number of carbonyl (C=O) groups is 1. The van der Waals surface area contributed by atoms with E-state index in [0.717, 1.165) is 30.4 Å². The summed E-state index contributed by atoms with van der Waals surface area (Å²) in [6, 6.07) is 13.9. The van der Waals surface area contributed by atoms with Gasteiger partial charge in [0.05, 0.1) is 17.1 Å². The number of halogens is 2. The lowest BCUT2D eigenvalue weighted by Crippen LogP contribution is -2.15. The first-order valence-corrected chi connectivity index (χ1v) is 9.86. The molecule has 0 atom stereocenters. The van der Waals surface area contributed by atoms with Crippen LogP contribution in [0, 0.1) is 5.82 Å². The molecule has 0 spiro atoms. The highest BCUT2D eigenvalue weighted by molar-refractivity contribution is 7.99. The molecular weight excluding hydrogens is 387 g/mol. The Morgan fingerprint density at radius 3 is 2.74 bits per heavy atom. The Morgan fingerprint density at radius 2 is 2.04 bits per heavy atom. The zero-order valence-electron chi connectivity index (χ0n) is 14.2. The lowest BCUT2D eigenvalue weighted by atomic mass is 10.3. The fourth-order valence-electron chi connectivity index (χ4n) is 2.64. The van der Waals surface area contributed by atoms with Crippen LogP contribution in [-0.2, 0) is 4.79 Å². The molecule has 0 unspecified atom stereocenters. The molecule has 0 aliphatic heterocycles. The first-order valence-electron chi connectivity index (χ1n) is 8.50. The van der Waals surface area contributed by atoms with Gasteiger partial charge in [-0.2, -0.15) is 0 Å². The molecule has 1 heterocycles. The minimum atomic E-state index is -0.566. The zero-order chi connectivity index (χ0) is 18.8. The zero-order valence-corrected chi connectivity index (χ0v) is 15.8. The fraction of sp³-hybridized carbons (Fsp3) is 0.211. The van der Waals surface area contributed by atoms with Crippen molar-refractivity contribution in [3.8, 4) is 5.69 Å². The Labute approximate surface area is 164 Å². The van der Waals surface area contributed by atoms with Crippen LogP contribution in [0.1, 0.15) is 24.6 Å². The van der Waals surface area contributed by atoms with E-state index in [0.29, 0.717) is 11.1 Å². The van der Waals surface area contributed by atoms with Crippen molar-refractivity contribution in [1.29, 1.82) is 0 Å². The second-order valence-corrected chi connectivity index (χ2v) is 7.61. The number of amides is 1. The molecule has 8 heteroatoms. The Kier molecular flexibility index (Phi) is 5.13. The molecular formula is C19H16ClFN4OS. The minimum absolute atomic E-state index is 0.0883. The number of para-hydroxylation sites is 1. The monoisotopic (exact) mass is 402 g/mol. The number of nitrogens with zero attached hydrogens (tertiary/aromatic N) is 3. The van der Waals surface area contributed by atoms with Gasteiger partial charge in [0, 0.05) is 10.9 Å². The molecule has 0 radical (unpaired) electrons. The second kappa shape index (κ2) is 7.70. The summed E-state index contributed by atoms with van der Waals surface area (Å²) in [5.41, 5.74) is 1.05. The number of nitrogens with one attached hydrogen (secondary N) is 1. The van der Waals surface area contributed by atoms with E-state index in [1.807, 2.05) is 35.0 Å². The van der Waals surface area contributed by atoms with Crippen molar-refractivity contribution in [3.05, 3.63) is 65.2 Å². The molecule has 3 aromatic rings. The van der Waals surface area contributed by atoms with Crippen molar-refractivity contribution >= 4 is 35.0 Å². The molecule has 1 fully saturated rings. The smallest absolute Gasteiger partial charge is 0.234 e. The standard InChI is InChI=1S/C19H16ClFN4OS/c20-13-8-9-16(15(21)10-13)22-17(26)11-27-19-23-18(12-6-7-12)25(24-19)14-4-2-1-3-5-14/h1-5,8-10,12H,6-7,11H2,(H,22,26). The number of benzene rings is 2. The summed E-state index contributed by atoms with van der Waals surface area (Å²) in [4.78, 5) is 16.7. The molecule has 1 saturated carbocycles. The van der Waals surface area contributed by atoms with Crippen LogP contribution in [-0.4, -0.2) is 26.4 Å². The molecule has 2 aromatic carbocycles. The first kappa shape index (κ1) is 18.0. The number of thioether (sulfide) groups is 1. The van der Waals surface area contributed by atoms with Gasteiger partial charge in [0.2, 0.25) is 11.1 Å². The van der Waals surface area contributed by atoms with Gasteiger partial charge >= 0.3 is 0 Å². The van der Waals surface area contributed by atoms with E-state index in [4.69, 9.17) is 11.6 Å². The van der Waals surface area contributed by atoms with Gasteiger partial charge in [0.1, 0.15) is 11.6 Å². The van der Waals surface area contributed by atoms with E-state index in [9.17, 15) is 9.18 Å². The fourth-order valence-corrected chi connectivity index (χ4v) is 3.43. The summed E-state index contributed by atoms with van der Waals surface area (Å²) < 4.78 is 15.6. The number of aromatic nitrogens is 3. The Bertz CT molecular complexity index is 975. The van der Waals surface area contributed by atoms with Crippen LogP contribution < -0.4 is 5.32 Å². The van der Waals surface area contributed by atoms with Gasteiger partial charge < -0.3 is 5.32 Å². The van der Waals surface area contributed by atoms with Gasteiger partial charge in [-0.15, -0.1) is 5.10 Å². The average Bonchev–Trinajstić information content (AvgIpc) is 3.42. The molecule has 1 N–H and O–H groups in total. The second-order valence-electron chi connectivity index (χ2n) is 6.24. The summed E-state index contributed by atoms with van der Waals surface area (Å²) in [6.07, 6.45) is 2.21. The Balaban J connectivity index is 1.44. The third kappa shape index (κ3) is 4.31. The molecule has 0 bridgehead atoms. The van der Waals surface area contributed by atoms with E-state index in [1.54, 1.807) is 0 Å². The van der Waals surface area contributed by atoms with Crippen molar-refractivity contribution in [2.45, 2.75) is 23.9 Å². The van der Waals surface area contributed by atoms with Crippen LogP contribution in [0.5, 0.6) is 0 Å². The van der Waals surface area contributed by atoms with Crippen molar-refractivity contribution in [2.75, 3.05) is 11.1 Å². The van der Waals surface area contributed by atoms with Gasteiger partial charge in [0.15, 0.2) is 0 Å². The van der Waals surface area contributed by atoms with E-state index in [-0.39, 0.29) is 22.4 Å². The quantitative estimate of drug-likeness (QED) is 0.609. The topological polar surface area (TPSA) is 59.8 Å². The average molecular weight is 403 g/mol. The Morgan fingerprint density at radius 1 is 1.26 bits per heavy atom. The SMILES string of the molecule is O=C(CSc1nc(C2CC2)n(-c2ccccc2)n1)Nc1ccc(Cl)cc1F. The predicted molar refractivity (Wildman–Crippen MR) is 104 cm³/mol. The highest BCUT2D eigenvalue weighted by Gasteiger charge is 2.30.